The van der Waals surface area contributed by atoms with E-state index in [2.05, 4.69) is 10.3 Å². The molecule has 1 unspecified atom stereocenters. The topological polar surface area (TPSA) is 51.2 Å². The van der Waals surface area contributed by atoms with Crippen LogP contribution < -0.4 is 10.1 Å². The lowest BCUT2D eigenvalue weighted by molar-refractivity contribution is -0.140. The minimum Gasteiger partial charge on any atom is -0.480 e. The number of ether oxygens (including phenoxy) is 1. The number of para-hydroxylation sites is 1. The van der Waals surface area contributed by atoms with Gasteiger partial charge in [-0.25, -0.2) is 4.98 Å². The van der Waals surface area contributed by atoms with Crippen molar-refractivity contribution in [1.82, 2.24) is 10.3 Å². The number of nitrogens with zero attached hydrogens (tertiary/aromatic N) is 1. The van der Waals surface area contributed by atoms with Crippen molar-refractivity contribution >= 4 is 17.2 Å². The third-order valence-corrected chi connectivity index (χ3v) is 3.80. The summed E-state index contributed by atoms with van der Waals surface area (Å²) in [6.45, 7) is 3.45. The summed E-state index contributed by atoms with van der Waals surface area (Å²) < 4.78 is 43.8. The Morgan fingerprint density at radius 2 is 2.09 bits per heavy atom. The number of rotatable bonds is 5. The Labute approximate surface area is 135 Å². The quantitative estimate of drug-likeness (QED) is 0.902. The van der Waals surface area contributed by atoms with Gasteiger partial charge < -0.3 is 10.1 Å². The van der Waals surface area contributed by atoms with Gasteiger partial charge in [0.25, 0.3) is 5.91 Å². The van der Waals surface area contributed by atoms with Gasteiger partial charge in [-0.1, -0.05) is 12.1 Å². The minimum atomic E-state index is -4.54. The van der Waals surface area contributed by atoms with Crippen LogP contribution in [0, 0.1) is 6.92 Å². The number of halogens is 3. The number of benzene rings is 1. The number of nitrogens with one attached hydrogen (secondary N) is 1. The maximum absolute atomic E-state index is 12.9. The molecular formula is C15H15F3N2O2S. The molecule has 0 bridgehead atoms. The van der Waals surface area contributed by atoms with Crippen molar-refractivity contribution in [2.24, 2.45) is 0 Å². The maximum atomic E-state index is 12.9. The molecule has 1 atom stereocenters. The van der Waals surface area contributed by atoms with E-state index in [9.17, 15) is 18.0 Å². The molecule has 0 aliphatic carbocycles. The summed E-state index contributed by atoms with van der Waals surface area (Å²) in [5, 5.41) is 5.27. The lowest BCUT2D eigenvalue weighted by atomic mass is 10.2. The van der Waals surface area contributed by atoms with Crippen molar-refractivity contribution in [2.75, 3.05) is 0 Å². The SMILES string of the molecule is Cc1nc(CNC(=O)C(C)Oc2ccccc2C(F)(F)F)cs1. The highest BCUT2D eigenvalue weighted by Gasteiger charge is 2.34. The Balaban J connectivity index is 1.98. The molecule has 1 aromatic carbocycles. The van der Waals surface area contributed by atoms with E-state index in [1.54, 1.807) is 5.38 Å². The Hall–Kier alpha value is -2.09. The highest BCUT2D eigenvalue weighted by molar-refractivity contribution is 7.09. The zero-order valence-corrected chi connectivity index (χ0v) is 13.3. The highest BCUT2D eigenvalue weighted by Crippen LogP contribution is 2.36. The molecule has 2 aromatic rings. The Kier molecular flexibility index (Phi) is 5.25. The van der Waals surface area contributed by atoms with Gasteiger partial charge >= 0.3 is 6.18 Å². The van der Waals surface area contributed by atoms with E-state index in [1.807, 2.05) is 6.92 Å². The number of aryl methyl sites for hydroxylation is 1. The lowest BCUT2D eigenvalue weighted by Gasteiger charge is -2.18. The van der Waals surface area contributed by atoms with Crippen LogP contribution in [0.15, 0.2) is 29.6 Å². The van der Waals surface area contributed by atoms with Gasteiger partial charge in [-0.05, 0) is 26.0 Å². The highest BCUT2D eigenvalue weighted by atomic mass is 32.1. The molecule has 23 heavy (non-hydrogen) atoms. The molecule has 124 valence electrons. The van der Waals surface area contributed by atoms with Crippen LogP contribution in [0.4, 0.5) is 13.2 Å². The zero-order valence-electron chi connectivity index (χ0n) is 12.5. The predicted molar refractivity (Wildman–Crippen MR) is 80.2 cm³/mol. The van der Waals surface area contributed by atoms with E-state index >= 15 is 0 Å². The maximum Gasteiger partial charge on any atom is 0.419 e. The van der Waals surface area contributed by atoms with Gasteiger partial charge in [0.2, 0.25) is 0 Å². The van der Waals surface area contributed by atoms with Crippen molar-refractivity contribution in [1.29, 1.82) is 0 Å². The summed E-state index contributed by atoms with van der Waals surface area (Å²) in [4.78, 5) is 16.1. The van der Waals surface area contributed by atoms with Crippen LogP contribution in [0.2, 0.25) is 0 Å². The van der Waals surface area contributed by atoms with Crippen molar-refractivity contribution in [3.63, 3.8) is 0 Å². The fraction of sp³-hybridized carbons (Fsp3) is 0.333. The Morgan fingerprint density at radius 3 is 2.70 bits per heavy atom. The van der Waals surface area contributed by atoms with E-state index in [0.29, 0.717) is 5.69 Å². The number of aromatic nitrogens is 1. The fourth-order valence-electron chi connectivity index (χ4n) is 1.86. The normalized spacial score (nSPS) is 12.7. The smallest absolute Gasteiger partial charge is 0.419 e. The third kappa shape index (κ3) is 4.69. The first-order valence-corrected chi connectivity index (χ1v) is 7.67. The average molecular weight is 344 g/mol. The van der Waals surface area contributed by atoms with Gasteiger partial charge in [-0.2, -0.15) is 13.2 Å². The second-order valence-corrected chi connectivity index (χ2v) is 5.89. The number of alkyl halides is 3. The van der Waals surface area contributed by atoms with Crippen LogP contribution in [0.25, 0.3) is 0 Å². The number of hydrogen-bond donors (Lipinski definition) is 1. The second kappa shape index (κ2) is 6.99. The largest absolute Gasteiger partial charge is 0.480 e. The lowest BCUT2D eigenvalue weighted by Crippen LogP contribution is -2.36. The molecule has 1 heterocycles. The number of carbonyl (C=O) groups excluding carboxylic acids is 1. The Bertz CT molecular complexity index is 685. The number of thiazole rings is 1. The first-order valence-electron chi connectivity index (χ1n) is 6.79. The molecule has 0 aliphatic rings. The molecule has 1 amide bonds. The summed E-state index contributed by atoms with van der Waals surface area (Å²) in [5.41, 5.74) is -0.210. The summed E-state index contributed by atoms with van der Waals surface area (Å²) in [6, 6.07) is 4.80. The van der Waals surface area contributed by atoms with Crippen LogP contribution in [0.1, 0.15) is 23.2 Å². The van der Waals surface area contributed by atoms with Gasteiger partial charge in [-0.3, -0.25) is 4.79 Å². The summed E-state index contributed by atoms with van der Waals surface area (Å²) in [5.74, 6) is -0.875. The average Bonchev–Trinajstić information content (AvgIpc) is 2.89. The standard InChI is InChI=1S/C15H15F3N2O2S/c1-9(14(21)19-7-11-8-23-10(2)20-11)22-13-6-4-3-5-12(13)15(16,17)18/h3-6,8-9H,7H2,1-2H3,(H,19,21). The molecule has 1 aromatic heterocycles. The van der Waals surface area contributed by atoms with Crippen molar-refractivity contribution in [2.45, 2.75) is 32.7 Å². The van der Waals surface area contributed by atoms with Crippen LogP contribution in [-0.2, 0) is 17.5 Å². The van der Waals surface area contributed by atoms with Crippen LogP contribution in [-0.4, -0.2) is 17.0 Å². The molecule has 0 saturated carbocycles. The van der Waals surface area contributed by atoms with E-state index in [-0.39, 0.29) is 12.3 Å². The summed E-state index contributed by atoms with van der Waals surface area (Å²) >= 11 is 1.45. The predicted octanol–water partition coefficient (Wildman–Crippen LogP) is 3.55. The molecule has 0 fully saturated rings. The molecule has 1 N–H and O–H groups in total. The zero-order chi connectivity index (χ0) is 17.0. The molecule has 0 spiro atoms. The van der Waals surface area contributed by atoms with Gasteiger partial charge in [-0.15, -0.1) is 11.3 Å². The van der Waals surface area contributed by atoms with Gasteiger partial charge in [0.1, 0.15) is 5.75 Å². The first kappa shape index (κ1) is 17.3. The van der Waals surface area contributed by atoms with E-state index in [0.717, 1.165) is 11.1 Å². The Morgan fingerprint density at radius 1 is 1.39 bits per heavy atom. The van der Waals surface area contributed by atoms with Gasteiger partial charge in [0.15, 0.2) is 6.10 Å². The molecule has 4 nitrogen and oxygen atoms in total. The van der Waals surface area contributed by atoms with Crippen LogP contribution in [0.3, 0.4) is 0 Å². The first-order chi connectivity index (χ1) is 10.8. The molecular weight excluding hydrogens is 329 g/mol. The monoisotopic (exact) mass is 344 g/mol. The fourth-order valence-corrected chi connectivity index (χ4v) is 2.47. The van der Waals surface area contributed by atoms with Crippen LogP contribution in [0.5, 0.6) is 5.75 Å². The molecule has 2 rings (SSSR count). The number of amides is 1. The summed E-state index contributed by atoms with van der Waals surface area (Å²) in [6.07, 6.45) is -5.59. The molecule has 0 saturated heterocycles. The third-order valence-electron chi connectivity index (χ3n) is 2.98. The number of hydrogen-bond acceptors (Lipinski definition) is 4. The molecule has 0 aliphatic heterocycles. The van der Waals surface area contributed by atoms with Gasteiger partial charge in [0.05, 0.1) is 22.8 Å². The van der Waals surface area contributed by atoms with E-state index in [1.165, 1.54) is 36.5 Å². The second-order valence-electron chi connectivity index (χ2n) is 4.83. The van der Waals surface area contributed by atoms with Crippen LogP contribution >= 0.6 is 11.3 Å². The van der Waals surface area contributed by atoms with E-state index < -0.39 is 23.8 Å². The van der Waals surface area contributed by atoms with Crippen molar-refractivity contribution < 1.29 is 22.7 Å². The molecule has 0 radical (unpaired) electrons. The summed E-state index contributed by atoms with van der Waals surface area (Å²) in [7, 11) is 0. The van der Waals surface area contributed by atoms with Gasteiger partial charge in [0, 0.05) is 5.38 Å². The van der Waals surface area contributed by atoms with E-state index in [4.69, 9.17) is 4.74 Å². The number of carbonyl (C=O) groups is 1. The van der Waals surface area contributed by atoms with Crippen molar-refractivity contribution in [3.8, 4) is 5.75 Å². The molecule has 8 heteroatoms. The minimum absolute atomic E-state index is 0.206. The van der Waals surface area contributed by atoms with Crippen molar-refractivity contribution in [3.05, 3.63) is 45.9 Å².